The van der Waals surface area contributed by atoms with Crippen LogP contribution in [-0.2, 0) is 0 Å². The Morgan fingerprint density at radius 3 is 2.79 bits per heavy atom. The van der Waals surface area contributed by atoms with Crippen LogP contribution in [0.4, 0.5) is 10.2 Å². The van der Waals surface area contributed by atoms with Gasteiger partial charge in [0.25, 0.3) is 0 Å². The lowest BCUT2D eigenvalue weighted by molar-refractivity contribution is 0.396. The number of nitrogens with one attached hydrogen (secondary N) is 1. The molecule has 2 heterocycles. The van der Waals surface area contributed by atoms with E-state index in [1.54, 1.807) is 24.4 Å². The van der Waals surface area contributed by atoms with Crippen LogP contribution in [0.15, 0.2) is 36.8 Å². The Morgan fingerprint density at radius 1 is 1.17 bits per heavy atom. The minimum absolute atomic E-state index is 0.334. The van der Waals surface area contributed by atoms with E-state index in [0.29, 0.717) is 11.3 Å². The van der Waals surface area contributed by atoms with Crippen LogP contribution in [0.1, 0.15) is 12.8 Å². The summed E-state index contributed by atoms with van der Waals surface area (Å²) in [6.45, 7) is 1.89. The number of rotatable bonds is 7. The summed E-state index contributed by atoms with van der Waals surface area (Å²) in [5.74, 6) is 0.395. The van der Waals surface area contributed by atoms with Gasteiger partial charge in [0.15, 0.2) is 5.65 Å². The van der Waals surface area contributed by atoms with Crippen molar-refractivity contribution >= 4 is 16.9 Å². The summed E-state index contributed by atoms with van der Waals surface area (Å²) in [5.41, 5.74) is 0.967. The number of benzene rings is 1. The Labute approximate surface area is 140 Å². The molecule has 3 rings (SSSR count). The van der Waals surface area contributed by atoms with Gasteiger partial charge in [-0.05, 0) is 45.6 Å². The molecule has 24 heavy (non-hydrogen) atoms. The number of para-hydroxylation sites is 1. The molecule has 7 heteroatoms. The molecule has 6 nitrogen and oxygen atoms in total. The van der Waals surface area contributed by atoms with Crippen LogP contribution in [0.25, 0.3) is 16.7 Å². The first-order valence-corrected chi connectivity index (χ1v) is 7.99. The summed E-state index contributed by atoms with van der Waals surface area (Å²) in [6, 6.07) is 6.52. The van der Waals surface area contributed by atoms with E-state index in [2.05, 4.69) is 39.4 Å². The van der Waals surface area contributed by atoms with Gasteiger partial charge in [-0.15, -0.1) is 0 Å². The third-order valence-electron chi connectivity index (χ3n) is 3.77. The van der Waals surface area contributed by atoms with Gasteiger partial charge in [-0.25, -0.2) is 19.0 Å². The van der Waals surface area contributed by atoms with Crippen LogP contribution in [0.5, 0.6) is 0 Å². The third-order valence-corrected chi connectivity index (χ3v) is 3.77. The molecule has 0 radical (unpaired) electrons. The van der Waals surface area contributed by atoms with E-state index in [9.17, 15) is 4.39 Å². The quantitative estimate of drug-likeness (QED) is 0.676. The normalized spacial score (nSPS) is 11.3. The number of halogens is 1. The maximum Gasteiger partial charge on any atom is 0.168 e. The Bertz CT molecular complexity index is 814. The molecule has 0 aliphatic rings. The molecule has 0 spiro atoms. The second kappa shape index (κ2) is 7.35. The van der Waals surface area contributed by atoms with E-state index >= 15 is 0 Å². The second-order valence-corrected chi connectivity index (χ2v) is 5.90. The first-order chi connectivity index (χ1) is 11.7. The molecule has 126 valence electrons. The predicted molar refractivity (Wildman–Crippen MR) is 92.9 cm³/mol. The Kier molecular flexibility index (Phi) is 5.00. The van der Waals surface area contributed by atoms with Crippen molar-refractivity contribution in [3.05, 3.63) is 42.6 Å². The number of unbranched alkanes of at least 4 members (excludes halogenated alkanes) is 1. The zero-order chi connectivity index (χ0) is 16.9. The van der Waals surface area contributed by atoms with Gasteiger partial charge >= 0.3 is 0 Å². The summed E-state index contributed by atoms with van der Waals surface area (Å²) in [7, 11) is 4.14. The molecule has 0 bridgehead atoms. The van der Waals surface area contributed by atoms with Gasteiger partial charge in [0, 0.05) is 6.54 Å². The van der Waals surface area contributed by atoms with Gasteiger partial charge in [0.1, 0.15) is 23.6 Å². The fourth-order valence-electron chi connectivity index (χ4n) is 2.54. The molecule has 1 N–H and O–H groups in total. The van der Waals surface area contributed by atoms with Crippen LogP contribution >= 0.6 is 0 Å². The van der Waals surface area contributed by atoms with Gasteiger partial charge in [0.2, 0.25) is 0 Å². The van der Waals surface area contributed by atoms with Crippen molar-refractivity contribution in [2.24, 2.45) is 0 Å². The standard InChI is InChI=1S/C17H21FN6/c1-23(2)10-6-5-9-19-16-13-11-22-24(17(13)21-12-20-16)15-8-4-3-7-14(15)18/h3-4,7-8,11-12H,5-6,9-10H2,1-2H3,(H,19,20,21). The van der Waals surface area contributed by atoms with E-state index in [-0.39, 0.29) is 5.82 Å². The molecule has 0 aliphatic carbocycles. The first-order valence-electron chi connectivity index (χ1n) is 7.99. The van der Waals surface area contributed by atoms with Gasteiger partial charge < -0.3 is 10.2 Å². The van der Waals surface area contributed by atoms with Gasteiger partial charge in [-0.1, -0.05) is 12.1 Å². The number of hydrogen-bond acceptors (Lipinski definition) is 5. The average Bonchev–Trinajstić information content (AvgIpc) is 2.99. The van der Waals surface area contributed by atoms with Crippen LogP contribution in [0.3, 0.4) is 0 Å². The highest BCUT2D eigenvalue weighted by Gasteiger charge is 2.13. The lowest BCUT2D eigenvalue weighted by Gasteiger charge is -2.10. The second-order valence-electron chi connectivity index (χ2n) is 5.90. The van der Waals surface area contributed by atoms with Crippen molar-refractivity contribution in [2.75, 3.05) is 32.5 Å². The number of hydrogen-bond donors (Lipinski definition) is 1. The molecule has 0 atom stereocenters. The van der Waals surface area contributed by atoms with Crippen molar-refractivity contribution in [1.29, 1.82) is 0 Å². The molecule has 0 aliphatic heterocycles. The predicted octanol–water partition coefficient (Wildman–Crippen LogP) is 2.71. The van der Waals surface area contributed by atoms with Crippen molar-refractivity contribution in [1.82, 2.24) is 24.6 Å². The van der Waals surface area contributed by atoms with Gasteiger partial charge in [-0.3, -0.25) is 0 Å². The molecule has 0 saturated carbocycles. The monoisotopic (exact) mass is 328 g/mol. The molecule has 0 fully saturated rings. The lowest BCUT2D eigenvalue weighted by Crippen LogP contribution is -2.14. The van der Waals surface area contributed by atoms with E-state index in [1.807, 2.05) is 0 Å². The number of fused-ring (bicyclic) bond motifs is 1. The summed E-state index contributed by atoms with van der Waals surface area (Å²) in [5, 5.41) is 8.39. The number of nitrogens with zero attached hydrogens (tertiary/aromatic N) is 5. The summed E-state index contributed by atoms with van der Waals surface area (Å²) < 4.78 is 15.5. The molecular formula is C17H21FN6. The van der Waals surface area contributed by atoms with E-state index in [0.717, 1.165) is 37.1 Å². The molecule has 3 aromatic rings. The largest absolute Gasteiger partial charge is 0.369 e. The Hall–Kier alpha value is -2.54. The van der Waals surface area contributed by atoms with Crippen molar-refractivity contribution < 1.29 is 4.39 Å². The van der Waals surface area contributed by atoms with E-state index in [1.165, 1.54) is 17.1 Å². The van der Waals surface area contributed by atoms with Crippen LogP contribution in [0.2, 0.25) is 0 Å². The smallest absolute Gasteiger partial charge is 0.168 e. The highest BCUT2D eigenvalue weighted by atomic mass is 19.1. The molecular weight excluding hydrogens is 307 g/mol. The number of aromatic nitrogens is 4. The van der Waals surface area contributed by atoms with E-state index in [4.69, 9.17) is 0 Å². The molecule has 2 aromatic heterocycles. The van der Waals surface area contributed by atoms with Crippen molar-refractivity contribution in [2.45, 2.75) is 12.8 Å². The average molecular weight is 328 g/mol. The fourth-order valence-corrected chi connectivity index (χ4v) is 2.54. The fraction of sp³-hybridized carbons (Fsp3) is 0.353. The third kappa shape index (κ3) is 3.51. The summed E-state index contributed by atoms with van der Waals surface area (Å²) >= 11 is 0. The minimum Gasteiger partial charge on any atom is -0.369 e. The van der Waals surface area contributed by atoms with Gasteiger partial charge in [-0.2, -0.15) is 5.10 Å². The van der Waals surface area contributed by atoms with Crippen LogP contribution in [0, 0.1) is 5.82 Å². The van der Waals surface area contributed by atoms with Crippen molar-refractivity contribution in [3.8, 4) is 5.69 Å². The van der Waals surface area contributed by atoms with Gasteiger partial charge in [0.05, 0.1) is 11.6 Å². The van der Waals surface area contributed by atoms with Crippen molar-refractivity contribution in [3.63, 3.8) is 0 Å². The zero-order valence-corrected chi connectivity index (χ0v) is 13.9. The molecule has 0 unspecified atom stereocenters. The van der Waals surface area contributed by atoms with E-state index < -0.39 is 0 Å². The van der Waals surface area contributed by atoms with Crippen LogP contribution < -0.4 is 5.32 Å². The first kappa shape index (κ1) is 16.3. The molecule has 1 aromatic carbocycles. The zero-order valence-electron chi connectivity index (χ0n) is 13.9. The van der Waals surface area contributed by atoms with Crippen LogP contribution in [-0.4, -0.2) is 51.8 Å². The highest BCUT2D eigenvalue weighted by Crippen LogP contribution is 2.22. The minimum atomic E-state index is -0.334. The topological polar surface area (TPSA) is 58.9 Å². The summed E-state index contributed by atoms with van der Waals surface area (Å²) in [6.07, 6.45) is 5.31. The summed E-state index contributed by atoms with van der Waals surface area (Å²) in [4.78, 5) is 10.7. The number of anilines is 1. The molecule has 0 saturated heterocycles. The lowest BCUT2D eigenvalue weighted by atomic mass is 10.3. The SMILES string of the molecule is CN(C)CCCCNc1ncnc2c1cnn2-c1ccccc1F. The maximum atomic E-state index is 14.0. The highest BCUT2D eigenvalue weighted by molar-refractivity contribution is 5.87. The maximum absolute atomic E-state index is 14.0. The Balaban J connectivity index is 1.78. The Morgan fingerprint density at radius 2 is 2.00 bits per heavy atom. The molecule has 0 amide bonds.